The number of hydrogen-bond donors (Lipinski definition) is 2. The molecule has 2 aromatic rings. The summed E-state index contributed by atoms with van der Waals surface area (Å²) >= 11 is 1.15. The molecule has 22 heavy (non-hydrogen) atoms. The summed E-state index contributed by atoms with van der Waals surface area (Å²) in [6, 6.07) is 6.01. The van der Waals surface area contributed by atoms with Gasteiger partial charge in [-0.3, -0.25) is 9.89 Å². The summed E-state index contributed by atoms with van der Waals surface area (Å²) in [4.78, 5) is 16.0. The topological polar surface area (TPSA) is 79.9 Å². The Balaban J connectivity index is 1.91. The van der Waals surface area contributed by atoms with E-state index < -0.39 is 6.61 Å². The van der Waals surface area contributed by atoms with Crippen LogP contribution in [-0.2, 0) is 11.2 Å². The first-order valence-corrected chi connectivity index (χ1v) is 7.44. The van der Waals surface area contributed by atoms with Crippen LogP contribution in [0.5, 0.6) is 5.75 Å². The number of anilines is 1. The first-order valence-electron chi connectivity index (χ1n) is 6.46. The molecule has 1 amide bonds. The van der Waals surface area contributed by atoms with Crippen molar-refractivity contribution in [2.75, 3.05) is 11.1 Å². The van der Waals surface area contributed by atoms with Crippen LogP contribution in [0.2, 0.25) is 0 Å². The molecule has 0 atom stereocenters. The number of nitrogens with one attached hydrogen (secondary N) is 2. The molecular weight excluding hydrogens is 314 g/mol. The van der Waals surface area contributed by atoms with Crippen LogP contribution in [0.3, 0.4) is 0 Å². The van der Waals surface area contributed by atoms with E-state index in [2.05, 4.69) is 25.2 Å². The molecule has 2 rings (SSSR count). The highest BCUT2D eigenvalue weighted by Gasteiger charge is 2.12. The quantitative estimate of drug-likeness (QED) is 0.764. The number of rotatable bonds is 7. The maximum atomic E-state index is 12.3. The number of nitrogens with zero attached hydrogens (tertiary/aromatic N) is 2. The lowest BCUT2D eigenvalue weighted by molar-refractivity contribution is -0.113. The summed E-state index contributed by atoms with van der Waals surface area (Å²) in [5.74, 6) is 0.350. The predicted molar refractivity (Wildman–Crippen MR) is 78.2 cm³/mol. The average Bonchev–Trinajstić information content (AvgIpc) is 2.95. The minimum atomic E-state index is -2.95. The van der Waals surface area contributed by atoms with Crippen LogP contribution >= 0.6 is 11.8 Å². The Bertz CT molecular complexity index is 636. The molecule has 0 spiro atoms. The van der Waals surface area contributed by atoms with E-state index in [9.17, 15) is 13.6 Å². The van der Waals surface area contributed by atoms with Crippen molar-refractivity contribution in [1.82, 2.24) is 15.2 Å². The fourth-order valence-corrected chi connectivity index (χ4v) is 2.20. The normalized spacial score (nSPS) is 10.7. The van der Waals surface area contributed by atoms with E-state index in [0.29, 0.717) is 5.16 Å². The van der Waals surface area contributed by atoms with Crippen LogP contribution in [0.15, 0.2) is 29.4 Å². The number of aryl methyl sites for hydroxylation is 1. The molecule has 0 unspecified atom stereocenters. The Hall–Kier alpha value is -2.16. The van der Waals surface area contributed by atoms with E-state index >= 15 is 0 Å². The fraction of sp³-hybridized carbons (Fsp3) is 0.308. The number of H-pyrrole nitrogens is 1. The van der Waals surface area contributed by atoms with Crippen LogP contribution in [0, 0.1) is 0 Å². The Kier molecular flexibility index (Phi) is 5.70. The van der Waals surface area contributed by atoms with Gasteiger partial charge in [-0.2, -0.15) is 8.78 Å². The molecule has 0 aliphatic rings. The number of aromatic amines is 1. The molecule has 0 radical (unpaired) electrons. The number of alkyl halides is 2. The van der Waals surface area contributed by atoms with Crippen LogP contribution in [0.4, 0.5) is 14.5 Å². The van der Waals surface area contributed by atoms with E-state index in [1.54, 1.807) is 12.1 Å². The Morgan fingerprint density at radius 1 is 1.45 bits per heavy atom. The van der Waals surface area contributed by atoms with Crippen LogP contribution in [0.25, 0.3) is 0 Å². The van der Waals surface area contributed by atoms with Crippen LogP contribution in [-0.4, -0.2) is 33.5 Å². The molecule has 1 heterocycles. The molecule has 118 valence electrons. The summed E-state index contributed by atoms with van der Waals surface area (Å²) in [6.45, 7) is -1.02. The van der Waals surface area contributed by atoms with Crippen molar-refractivity contribution in [3.8, 4) is 5.75 Å². The zero-order valence-electron chi connectivity index (χ0n) is 11.7. The number of benzene rings is 1. The number of carbonyl (C=O) groups is 1. The molecule has 0 aliphatic heterocycles. The third-order valence-electron chi connectivity index (χ3n) is 2.56. The molecule has 0 fully saturated rings. The van der Waals surface area contributed by atoms with Crippen molar-refractivity contribution in [1.29, 1.82) is 0 Å². The molecular formula is C13H14F2N4O2S. The zero-order valence-corrected chi connectivity index (χ0v) is 12.5. The number of carbonyl (C=O) groups excluding carboxylic acids is 1. The minimum Gasteiger partial charge on any atom is -0.433 e. The van der Waals surface area contributed by atoms with Crippen molar-refractivity contribution < 1.29 is 18.3 Å². The predicted octanol–water partition coefficient (Wildman–Crippen LogP) is 2.70. The molecule has 1 aromatic carbocycles. The number of thioether (sulfide) groups is 1. The third-order valence-corrected chi connectivity index (χ3v) is 3.40. The van der Waals surface area contributed by atoms with Crippen molar-refractivity contribution in [3.05, 3.63) is 30.1 Å². The van der Waals surface area contributed by atoms with Gasteiger partial charge in [0.05, 0.1) is 11.4 Å². The summed E-state index contributed by atoms with van der Waals surface area (Å²) in [6.07, 6.45) is 0.720. The standard InChI is InChI=1S/C13H14F2N4O2S/c1-2-10-17-13(19-18-10)22-7-11(20)16-8-5-3-4-6-9(8)21-12(14)15/h3-6,12H,2,7H2,1H3,(H,16,20)(H,17,18,19). The maximum Gasteiger partial charge on any atom is 0.387 e. The summed E-state index contributed by atoms with van der Waals surface area (Å²) in [5, 5.41) is 9.67. The second-order valence-corrected chi connectivity index (χ2v) is 5.07. The van der Waals surface area contributed by atoms with Gasteiger partial charge >= 0.3 is 6.61 Å². The van der Waals surface area contributed by atoms with Crippen molar-refractivity contribution >= 4 is 23.4 Å². The second kappa shape index (κ2) is 7.74. The first kappa shape index (κ1) is 16.2. The average molecular weight is 328 g/mol. The Labute approximate surface area is 129 Å². The molecule has 1 aromatic heterocycles. The molecule has 0 saturated carbocycles. The summed E-state index contributed by atoms with van der Waals surface area (Å²) in [5.41, 5.74) is 0.192. The van der Waals surface area contributed by atoms with Crippen molar-refractivity contribution in [3.63, 3.8) is 0 Å². The van der Waals surface area contributed by atoms with E-state index in [1.165, 1.54) is 12.1 Å². The summed E-state index contributed by atoms with van der Waals surface area (Å²) in [7, 11) is 0. The smallest absolute Gasteiger partial charge is 0.387 e. The molecule has 0 bridgehead atoms. The van der Waals surface area contributed by atoms with Gasteiger partial charge in [0.2, 0.25) is 11.1 Å². The first-order chi connectivity index (χ1) is 10.6. The number of hydrogen-bond acceptors (Lipinski definition) is 5. The van der Waals surface area contributed by atoms with Gasteiger partial charge in [-0.1, -0.05) is 30.8 Å². The third kappa shape index (κ3) is 4.69. The minimum absolute atomic E-state index is 0.0595. The van der Waals surface area contributed by atoms with E-state index in [0.717, 1.165) is 24.0 Å². The monoisotopic (exact) mass is 328 g/mol. The van der Waals surface area contributed by atoms with Gasteiger partial charge in [0.15, 0.2) is 0 Å². The van der Waals surface area contributed by atoms with Gasteiger partial charge in [-0.25, -0.2) is 4.98 Å². The lowest BCUT2D eigenvalue weighted by Crippen LogP contribution is -2.15. The highest BCUT2D eigenvalue weighted by Crippen LogP contribution is 2.25. The van der Waals surface area contributed by atoms with Crippen molar-refractivity contribution in [2.45, 2.75) is 25.1 Å². The zero-order chi connectivity index (χ0) is 15.9. The van der Waals surface area contributed by atoms with Crippen molar-refractivity contribution in [2.24, 2.45) is 0 Å². The highest BCUT2D eigenvalue weighted by molar-refractivity contribution is 7.99. The summed E-state index contributed by atoms with van der Waals surface area (Å²) < 4.78 is 28.9. The maximum absolute atomic E-state index is 12.3. The van der Waals surface area contributed by atoms with Gasteiger partial charge in [0.25, 0.3) is 0 Å². The van der Waals surface area contributed by atoms with Gasteiger partial charge in [-0.05, 0) is 12.1 Å². The number of halogens is 2. The lowest BCUT2D eigenvalue weighted by atomic mass is 10.3. The molecule has 2 N–H and O–H groups in total. The number of aromatic nitrogens is 3. The number of amides is 1. The molecule has 0 aliphatic carbocycles. The number of ether oxygens (including phenoxy) is 1. The van der Waals surface area contributed by atoms with E-state index in [1.807, 2.05) is 6.92 Å². The van der Waals surface area contributed by atoms with E-state index in [4.69, 9.17) is 0 Å². The Morgan fingerprint density at radius 2 is 2.23 bits per heavy atom. The van der Waals surface area contributed by atoms with Gasteiger partial charge in [0.1, 0.15) is 11.6 Å². The van der Waals surface area contributed by atoms with Gasteiger partial charge in [-0.15, -0.1) is 5.10 Å². The Morgan fingerprint density at radius 3 is 2.91 bits per heavy atom. The molecule has 0 saturated heterocycles. The largest absolute Gasteiger partial charge is 0.433 e. The SMILES string of the molecule is CCc1nc(SCC(=O)Nc2ccccc2OC(F)F)n[nH]1. The van der Waals surface area contributed by atoms with Crippen LogP contribution < -0.4 is 10.1 Å². The highest BCUT2D eigenvalue weighted by atomic mass is 32.2. The van der Waals surface area contributed by atoms with E-state index in [-0.39, 0.29) is 23.1 Å². The molecule has 6 nitrogen and oxygen atoms in total. The second-order valence-electron chi connectivity index (χ2n) is 4.13. The van der Waals surface area contributed by atoms with Crippen LogP contribution in [0.1, 0.15) is 12.7 Å². The van der Waals surface area contributed by atoms with Gasteiger partial charge in [0, 0.05) is 6.42 Å². The fourth-order valence-electron chi connectivity index (χ4n) is 1.59. The van der Waals surface area contributed by atoms with Gasteiger partial charge < -0.3 is 10.1 Å². The lowest BCUT2D eigenvalue weighted by Gasteiger charge is -2.11. The number of para-hydroxylation sites is 2. The molecule has 9 heteroatoms.